The van der Waals surface area contributed by atoms with Gasteiger partial charge in [-0.1, -0.05) is 18.2 Å². The summed E-state index contributed by atoms with van der Waals surface area (Å²) in [5.74, 6) is -1.05. The SMILES string of the molecule is CCOC(=O)CCC(=O)c1ccccc1NC(=O)c1ccccn1. The Morgan fingerprint density at radius 3 is 2.50 bits per heavy atom. The lowest BCUT2D eigenvalue weighted by Gasteiger charge is -2.10. The maximum Gasteiger partial charge on any atom is 0.306 e. The molecule has 0 saturated heterocycles. The van der Waals surface area contributed by atoms with Crippen molar-refractivity contribution >= 4 is 23.3 Å². The molecule has 2 aromatic rings. The van der Waals surface area contributed by atoms with Gasteiger partial charge in [0.05, 0.1) is 18.7 Å². The summed E-state index contributed by atoms with van der Waals surface area (Å²) in [5, 5.41) is 2.68. The van der Waals surface area contributed by atoms with Crippen LogP contribution < -0.4 is 5.32 Å². The van der Waals surface area contributed by atoms with Crippen molar-refractivity contribution in [2.45, 2.75) is 19.8 Å². The molecule has 0 aliphatic rings. The Bertz CT molecular complexity index is 729. The van der Waals surface area contributed by atoms with Crippen molar-refractivity contribution in [3.05, 3.63) is 59.9 Å². The molecule has 1 N–H and O–H groups in total. The van der Waals surface area contributed by atoms with Gasteiger partial charge in [-0.3, -0.25) is 19.4 Å². The number of aromatic nitrogens is 1. The third-order valence-corrected chi connectivity index (χ3v) is 3.23. The van der Waals surface area contributed by atoms with Crippen LogP contribution in [-0.2, 0) is 9.53 Å². The number of ether oxygens (including phenoxy) is 1. The van der Waals surface area contributed by atoms with Crippen molar-refractivity contribution in [3.63, 3.8) is 0 Å². The molecule has 0 aliphatic heterocycles. The molecule has 6 nitrogen and oxygen atoms in total. The van der Waals surface area contributed by atoms with E-state index in [-0.39, 0.29) is 30.9 Å². The fourth-order valence-corrected chi connectivity index (χ4v) is 2.10. The molecule has 0 spiro atoms. The van der Waals surface area contributed by atoms with Gasteiger partial charge < -0.3 is 10.1 Å². The van der Waals surface area contributed by atoms with Crippen LogP contribution in [0.25, 0.3) is 0 Å². The van der Waals surface area contributed by atoms with Crippen LogP contribution in [0, 0.1) is 0 Å². The summed E-state index contributed by atoms with van der Waals surface area (Å²) in [6.07, 6.45) is 1.55. The molecule has 24 heavy (non-hydrogen) atoms. The van der Waals surface area contributed by atoms with Crippen LogP contribution in [0.1, 0.15) is 40.6 Å². The number of amides is 1. The first-order valence-electron chi connectivity index (χ1n) is 7.62. The van der Waals surface area contributed by atoms with Gasteiger partial charge in [0.2, 0.25) is 0 Å². The number of carbonyl (C=O) groups is 3. The van der Waals surface area contributed by atoms with Gasteiger partial charge in [0, 0.05) is 18.2 Å². The van der Waals surface area contributed by atoms with Crippen molar-refractivity contribution in [3.8, 4) is 0 Å². The average molecular weight is 326 g/mol. The number of rotatable bonds is 7. The zero-order valence-corrected chi connectivity index (χ0v) is 13.3. The van der Waals surface area contributed by atoms with E-state index in [9.17, 15) is 14.4 Å². The van der Waals surface area contributed by atoms with E-state index in [0.29, 0.717) is 11.3 Å². The van der Waals surface area contributed by atoms with Crippen molar-refractivity contribution in [1.29, 1.82) is 0 Å². The third kappa shape index (κ3) is 4.74. The second-order valence-corrected chi connectivity index (χ2v) is 4.94. The van der Waals surface area contributed by atoms with Gasteiger partial charge >= 0.3 is 5.97 Å². The maximum atomic E-state index is 12.3. The highest BCUT2D eigenvalue weighted by Gasteiger charge is 2.16. The molecule has 0 aliphatic carbocycles. The molecular weight excluding hydrogens is 308 g/mol. The fraction of sp³-hybridized carbons (Fsp3) is 0.222. The number of nitrogens with zero attached hydrogens (tertiary/aromatic N) is 1. The van der Waals surface area contributed by atoms with Crippen LogP contribution in [0.3, 0.4) is 0 Å². The zero-order valence-electron chi connectivity index (χ0n) is 13.3. The van der Waals surface area contributed by atoms with E-state index in [4.69, 9.17) is 4.74 Å². The fourth-order valence-electron chi connectivity index (χ4n) is 2.10. The lowest BCUT2D eigenvalue weighted by molar-refractivity contribution is -0.143. The second-order valence-electron chi connectivity index (χ2n) is 4.94. The van der Waals surface area contributed by atoms with E-state index in [0.717, 1.165) is 0 Å². The normalized spacial score (nSPS) is 10.0. The number of carbonyl (C=O) groups excluding carboxylic acids is 3. The minimum Gasteiger partial charge on any atom is -0.466 e. The molecule has 1 aromatic heterocycles. The lowest BCUT2D eigenvalue weighted by Crippen LogP contribution is -2.16. The first-order valence-corrected chi connectivity index (χ1v) is 7.62. The van der Waals surface area contributed by atoms with Crippen LogP contribution in [-0.4, -0.2) is 29.3 Å². The number of esters is 1. The average Bonchev–Trinajstić information content (AvgIpc) is 2.61. The number of anilines is 1. The molecule has 0 atom stereocenters. The van der Waals surface area contributed by atoms with Crippen molar-refractivity contribution in [2.75, 3.05) is 11.9 Å². The van der Waals surface area contributed by atoms with E-state index < -0.39 is 11.9 Å². The Balaban J connectivity index is 2.08. The van der Waals surface area contributed by atoms with E-state index in [2.05, 4.69) is 10.3 Å². The van der Waals surface area contributed by atoms with Gasteiger partial charge in [-0.05, 0) is 31.2 Å². The summed E-state index contributed by atoms with van der Waals surface area (Å²) >= 11 is 0. The number of Topliss-reactive ketones (excluding diaryl/α,β-unsaturated/α-hetero) is 1. The molecule has 0 saturated carbocycles. The van der Waals surface area contributed by atoms with E-state index in [1.807, 2.05) is 0 Å². The molecule has 6 heteroatoms. The molecule has 0 radical (unpaired) electrons. The number of pyridine rings is 1. The lowest BCUT2D eigenvalue weighted by atomic mass is 10.0. The Labute approximate surface area is 139 Å². The maximum absolute atomic E-state index is 12.3. The number of para-hydroxylation sites is 1. The van der Waals surface area contributed by atoms with Crippen LogP contribution in [0.15, 0.2) is 48.7 Å². The Morgan fingerprint density at radius 1 is 1.04 bits per heavy atom. The summed E-state index contributed by atoms with van der Waals surface area (Å²) < 4.78 is 4.81. The molecule has 1 aromatic carbocycles. The summed E-state index contributed by atoms with van der Waals surface area (Å²) in [4.78, 5) is 39.8. The highest BCUT2D eigenvalue weighted by Crippen LogP contribution is 2.18. The highest BCUT2D eigenvalue weighted by molar-refractivity contribution is 6.09. The highest BCUT2D eigenvalue weighted by atomic mass is 16.5. The van der Waals surface area contributed by atoms with Crippen LogP contribution in [0.5, 0.6) is 0 Å². The zero-order chi connectivity index (χ0) is 17.4. The van der Waals surface area contributed by atoms with Crippen LogP contribution in [0.2, 0.25) is 0 Å². The van der Waals surface area contributed by atoms with Crippen molar-refractivity contribution < 1.29 is 19.1 Å². The van der Waals surface area contributed by atoms with E-state index in [1.54, 1.807) is 49.4 Å². The van der Waals surface area contributed by atoms with Gasteiger partial charge in [0.1, 0.15) is 5.69 Å². The number of hydrogen-bond acceptors (Lipinski definition) is 5. The van der Waals surface area contributed by atoms with Crippen LogP contribution >= 0.6 is 0 Å². The summed E-state index contributed by atoms with van der Waals surface area (Å²) in [7, 11) is 0. The summed E-state index contributed by atoms with van der Waals surface area (Å²) in [6, 6.07) is 11.7. The quantitative estimate of drug-likeness (QED) is 0.624. The molecule has 1 amide bonds. The van der Waals surface area contributed by atoms with Gasteiger partial charge in [-0.25, -0.2) is 0 Å². The molecule has 2 rings (SSSR count). The Morgan fingerprint density at radius 2 is 1.79 bits per heavy atom. The minimum atomic E-state index is -0.416. The third-order valence-electron chi connectivity index (χ3n) is 3.23. The number of ketones is 1. The van der Waals surface area contributed by atoms with E-state index in [1.165, 1.54) is 6.20 Å². The van der Waals surface area contributed by atoms with Crippen molar-refractivity contribution in [1.82, 2.24) is 4.98 Å². The first-order chi connectivity index (χ1) is 11.6. The van der Waals surface area contributed by atoms with Gasteiger partial charge in [0.25, 0.3) is 5.91 Å². The topological polar surface area (TPSA) is 85.4 Å². The van der Waals surface area contributed by atoms with Gasteiger partial charge in [-0.2, -0.15) is 0 Å². The Hall–Kier alpha value is -3.02. The molecule has 1 heterocycles. The van der Waals surface area contributed by atoms with Gasteiger partial charge in [0.15, 0.2) is 5.78 Å². The Kier molecular flexibility index (Phi) is 6.19. The predicted octanol–water partition coefficient (Wildman–Crippen LogP) is 2.86. The summed E-state index contributed by atoms with van der Waals surface area (Å²) in [5.41, 5.74) is 0.999. The number of hydrogen-bond donors (Lipinski definition) is 1. The number of nitrogens with one attached hydrogen (secondary N) is 1. The number of benzene rings is 1. The molecule has 0 fully saturated rings. The predicted molar refractivity (Wildman–Crippen MR) is 88.8 cm³/mol. The largest absolute Gasteiger partial charge is 0.466 e. The van der Waals surface area contributed by atoms with E-state index >= 15 is 0 Å². The van der Waals surface area contributed by atoms with Crippen molar-refractivity contribution in [2.24, 2.45) is 0 Å². The molecule has 124 valence electrons. The second kappa shape index (κ2) is 8.57. The smallest absolute Gasteiger partial charge is 0.306 e. The first kappa shape index (κ1) is 17.3. The standard InChI is InChI=1S/C18H18N2O4/c1-2-24-17(22)11-10-16(21)13-7-3-4-8-14(13)20-18(23)15-9-5-6-12-19-15/h3-9,12H,2,10-11H2,1H3,(H,20,23). The molecular formula is C18H18N2O4. The summed E-state index contributed by atoms with van der Waals surface area (Å²) in [6.45, 7) is 1.99. The molecule has 0 bridgehead atoms. The monoisotopic (exact) mass is 326 g/mol. The molecule has 0 unspecified atom stereocenters. The van der Waals surface area contributed by atoms with Gasteiger partial charge in [-0.15, -0.1) is 0 Å². The van der Waals surface area contributed by atoms with Crippen LogP contribution in [0.4, 0.5) is 5.69 Å². The minimum absolute atomic E-state index is 0.00912.